The molecule has 182 valence electrons. The van der Waals surface area contributed by atoms with Crippen molar-refractivity contribution in [3.8, 4) is 0 Å². The van der Waals surface area contributed by atoms with Crippen molar-refractivity contribution in [1.29, 1.82) is 0 Å². The summed E-state index contributed by atoms with van der Waals surface area (Å²) in [4.78, 5) is 14.7. The van der Waals surface area contributed by atoms with E-state index in [9.17, 15) is 17.6 Å². The topological polar surface area (TPSA) is 101 Å². The summed E-state index contributed by atoms with van der Waals surface area (Å²) in [7, 11) is -4.21. The molecular weight excluding hydrogens is 469 g/mol. The van der Waals surface area contributed by atoms with Crippen molar-refractivity contribution in [3.05, 3.63) is 53.7 Å². The lowest BCUT2D eigenvalue weighted by atomic mass is 10.1. The second kappa shape index (κ2) is 12.0. The quantitative estimate of drug-likeness (QED) is 0.489. The van der Waals surface area contributed by atoms with Crippen molar-refractivity contribution in [2.45, 2.75) is 30.3 Å². The molecule has 1 aliphatic heterocycles. The third-order valence-corrected chi connectivity index (χ3v) is 7.55. The van der Waals surface area contributed by atoms with E-state index in [0.29, 0.717) is 32.1 Å². The summed E-state index contributed by atoms with van der Waals surface area (Å²) in [6.07, 6.45) is 2.14. The Morgan fingerprint density at radius 2 is 1.94 bits per heavy atom. The second-order valence-electron chi connectivity index (χ2n) is 7.74. The molecule has 2 N–H and O–H groups in total. The molecule has 0 spiro atoms. The largest absolute Gasteiger partial charge is 0.465 e. The number of aryl methyl sites for hydroxylation is 1. The number of rotatable bonds is 11. The Kier molecular flexibility index (Phi) is 9.33. The number of thioether (sulfide) groups is 1. The predicted octanol–water partition coefficient (Wildman–Crippen LogP) is 2.32. The number of ether oxygens (including phenoxy) is 1. The first-order valence-corrected chi connectivity index (χ1v) is 13.6. The van der Waals surface area contributed by atoms with Gasteiger partial charge in [-0.2, -0.15) is 16.5 Å². The van der Waals surface area contributed by atoms with Crippen LogP contribution in [0.4, 0.5) is 4.39 Å². The van der Waals surface area contributed by atoms with Crippen LogP contribution in [0.3, 0.4) is 0 Å². The van der Waals surface area contributed by atoms with E-state index in [1.807, 2.05) is 25.3 Å². The molecule has 2 heterocycles. The lowest BCUT2D eigenvalue weighted by Crippen LogP contribution is -2.50. The van der Waals surface area contributed by atoms with Crippen molar-refractivity contribution < 1.29 is 26.8 Å². The van der Waals surface area contributed by atoms with E-state index >= 15 is 0 Å². The Morgan fingerprint density at radius 1 is 1.21 bits per heavy atom. The number of halogens is 1. The van der Waals surface area contributed by atoms with Crippen LogP contribution in [-0.4, -0.2) is 70.1 Å². The first-order chi connectivity index (χ1) is 15.8. The van der Waals surface area contributed by atoms with Gasteiger partial charge in [0, 0.05) is 19.6 Å². The maximum absolute atomic E-state index is 14.1. The van der Waals surface area contributed by atoms with Crippen molar-refractivity contribution in [2.75, 3.05) is 44.9 Å². The number of nitrogens with zero attached hydrogens (tertiary/aromatic N) is 1. The molecule has 1 aliphatic rings. The van der Waals surface area contributed by atoms with E-state index in [4.69, 9.17) is 9.15 Å². The SMILES string of the molecule is CSCCC(NS(=O)(=O)c1ccccc1F)C(=O)NCC(c1ccc(C)o1)N1CCOCC1. The van der Waals surface area contributed by atoms with Gasteiger partial charge in [0.1, 0.15) is 28.3 Å². The van der Waals surface area contributed by atoms with E-state index < -0.39 is 32.7 Å². The molecule has 1 aromatic heterocycles. The molecule has 8 nitrogen and oxygen atoms in total. The van der Waals surface area contributed by atoms with E-state index in [1.54, 1.807) is 0 Å². The molecule has 0 aliphatic carbocycles. The Morgan fingerprint density at radius 3 is 2.58 bits per heavy atom. The van der Waals surface area contributed by atoms with Crippen LogP contribution in [0.1, 0.15) is 24.0 Å². The minimum Gasteiger partial charge on any atom is -0.465 e. The van der Waals surface area contributed by atoms with Crippen LogP contribution in [0.5, 0.6) is 0 Å². The summed E-state index contributed by atoms with van der Waals surface area (Å²) in [6.45, 7) is 4.65. The number of carbonyl (C=O) groups is 1. The van der Waals surface area contributed by atoms with Gasteiger partial charge in [-0.3, -0.25) is 9.69 Å². The Hall–Kier alpha value is -1.92. The maximum atomic E-state index is 14.1. The summed E-state index contributed by atoms with van der Waals surface area (Å²) < 4.78 is 53.3. The molecule has 2 aromatic rings. The number of furan rings is 1. The molecule has 3 rings (SSSR count). The van der Waals surface area contributed by atoms with Gasteiger partial charge in [0.05, 0.1) is 19.3 Å². The number of amides is 1. The molecule has 0 radical (unpaired) electrons. The number of hydrogen-bond acceptors (Lipinski definition) is 7. The highest BCUT2D eigenvalue weighted by atomic mass is 32.2. The molecule has 1 fully saturated rings. The lowest BCUT2D eigenvalue weighted by Gasteiger charge is -2.33. The normalized spacial score (nSPS) is 16.9. The van der Waals surface area contributed by atoms with Crippen LogP contribution in [0.2, 0.25) is 0 Å². The molecule has 1 aromatic carbocycles. The van der Waals surface area contributed by atoms with Gasteiger partial charge in [0.15, 0.2) is 0 Å². The lowest BCUT2D eigenvalue weighted by molar-refractivity contribution is -0.123. The zero-order valence-corrected chi connectivity index (χ0v) is 20.4. The van der Waals surface area contributed by atoms with Crippen molar-refractivity contribution in [1.82, 2.24) is 14.9 Å². The van der Waals surface area contributed by atoms with Crippen LogP contribution >= 0.6 is 11.8 Å². The third-order valence-electron chi connectivity index (χ3n) is 5.40. The van der Waals surface area contributed by atoms with Gasteiger partial charge >= 0.3 is 0 Å². The van der Waals surface area contributed by atoms with Crippen LogP contribution in [-0.2, 0) is 19.6 Å². The minimum absolute atomic E-state index is 0.212. The summed E-state index contributed by atoms with van der Waals surface area (Å²) >= 11 is 1.49. The third kappa shape index (κ3) is 7.03. The smallest absolute Gasteiger partial charge is 0.244 e. The fourth-order valence-electron chi connectivity index (χ4n) is 3.64. The van der Waals surface area contributed by atoms with E-state index in [0.717, 1.165) is 17.6 Å². The van der Waals surface area contributed by atoms with Gasteiger partial charge in [-0.25, -0.2) is 12.8 Å². The molecule has 33 heavy (non-hydrogen) atoms. The highest BCUT2D eigenvalue weighted by Gasteiger charge is 2.30. The summed E-state index contributed by atoms with van der Waals surface area (Å²) in [5.74, 6) is 0.717. The molecule has 1 saturated heterocycles. The van der Waals surface area contributed by atoms with Crippen LogP contribution in [0, 0.1) is 12.7 Å². The monoisotopic (exact) mass is 499 g/mol. The van der Waals surface area contributed by atoms with Crippen molar-refractivity contribution >= 4 is 27.7 Å². The number of carbonyl (C=O) groups excluding carboxylic acids is 1. The van der Waals surface area contributed by atoms with Gasteiger partial charge in [0.25, 0.3) is 0 Å². The van der Waals surface area contributed by atoms with Crippen LogP contribution in [0.15, 0.2) is 45.7 Å². The van der Waals surface area contributed by atoms with Gasteiger partial charge in [0.2, 0.25) is 15.9 Å². The summed E-state index contributed by atoms with van der Waals surface area (Å²) in [6, 6.07) is 7.60. The van der Waals surface area contributed by atoms with E-state index in [-0.39, 0.29) is 19.0 Å². The van der Waals surface area contributed by atoms with Crippen molar-refractivity contribution in [3.63, 3.8) is 0 Å². The average Bonchev–Trinajstić information content (AvgIpc) is 3.23. The van der Waals surface area contributed by atoms with Gasteiger partial charge in [-0.1, -0.05) is 12.1 Å². The minimum atomic E-state index is -4.21. The highest BCUT2D eigenvalue weighted by molar-refractivity contribution is 7.98. The molecular formula is C22H30FN3O5S2. The Bertz CT molecular complexity index is 1020. The zero-order valence-electron chi connectivity index (χ0n) is 18.8. The van der Waals surface area contributed by atoms with Crippen LogP contribution in [0.25, 0.3) is 0 Å². The second-order valence-corrected chi connectivity index (χ2v) is 10.4. The van der Waals surface area contributed by atoms with Gasteiger partial charge in [-0.05, 0) is 49.6 Å². The number of morpholine rings is 1. The molecule has 1 amide bonds. The van der Waals surface area contributed by atoms with Crippen molar-refractivity contribution in [2.24, 2.45) is 0 Å². The molecule has 11 heteroatoms. The van der Waals surface area contributed by atoms with E-state index in [1.165, 1.54) is 30.0 Å². The molecule has 2 atom stereocenters. The summed E-state index contributed by atoms with van der Waals surface area (Å²) in [5.41, 5.74) is 0. The average molecular weight is 500 g/mol. The first kappa shape index (κ1) is 25.7. The molecule has 0 bridgehead atoms. The van der Waals surface area contributed by atoms with E-state index in [2.05, 4.69) is 14.9 Å². The number of hydrogen-bond donors (Lipinski definition) is 2. The Balaban J connectivity index is 1.73. The summed E-state index contributed by atoms with van der Waals surface area (Å²) in [5, 5.41) is 2.87. The van der Waals surface area contributed by atoms with Gasteiger partial charge in [-0.15, -0.1) is 0 Å². The molecule has 0 saturated carbocycles. The predicted molar refractivity (Wildman–Crippen MR) is 125 cm³/mol. The maximum Gasteiger partial charge on any atom is 0.244 e. The first-order valence-electron chi connectivity index (χ1n) is 10.7. The van der Waals surface area contributed by atoms with Gasteiger partial charge < -0.3 is 14.5 Å². The molecule has 2 unspecified atom stereocenters. The zero-order chi connectivity index (χ0) is 23.8. The number of sulfonamides is 1. The fourth-order valence-corrected chi connectivity index (χ4v) is 5.42. The fraction of sp³-hybridized carbons (Fsp3) is 0.500. The highest BCUT2D eigenvalue weighted by Crippen LogP contribution is 2.23. The standard InChI is InChI=1S/C22H30FN3O5S2/c1-16-7-8-20(31-16)19(26-10-12-30-13-11-26)15-24-22(27)18(9-14-32-2)25-33(28,29)21-6-4-3-5-17(21)23/h3-8,18-19,25H,9-15H2,1-2H3,(H,24,27). The Labute approximate surface area is 198 Å². The number of benzene rings is 1. The van der Waals surface area contributed by atoms with Crippen LogP contribution < -0.4 is 10.0 Å². The number of nitrogens with one attached hydrogen (secondary N) is 2.